The number of rotatable bonds is 9. The number of benzene rings is 2. The van der Waals surface area contributed by atoms with Gasteiger partial charge in [0.2, 0.25) is 15.9 Å². The molecule has 7 nitrogen and oxygen atoms in total. The van der Waals surface area contributed by atoms with Crippen LogP contribution in [0.4, 0.5) is 10.1 Å². The highest BCUT2D eigenvalue weighted by Crippen LogP contribution is 2.25. The van der Waals surface area contributed by atoms with Crippen molar-refractivity contribution in [2.45, 2.75) is 12.8 Å². The second-order valence-electron chi connectivity index (χ2n) is 7.41. The van der Waals surface area contributed by atoms with E-state index in [1.54, 1.807) is 12.1 Å². The number of nitrogens with one attached hydrogen (secondary N) is 1. The SMILES string of the molecule is COCCOc1ccc(NC(=O)C2CCN(S(=O)(=O)/C=C/c3ccccc3)CC2)cc1F. The molecule has 1 aliphatic heterocycles. The molecule has 0 aliphatic carbocycles. The number of hydrogen-bond acceptors (Lipinski definition) is 5. The Morgan fingerprint density at radius 2 is 1.88 bits per heavy atom. The van der Waals surface area contributed by atoms with Crippen molar-refractivity contribution in [2.24, 2.45) is 5.92 Å². The van der Waals surface area contributed by atoms with Crippen molar-refractivity contribution in [1.82, 2.24) is 4.31 Å². The lowest BCUT2D eigenvalue weighted by atomic mass is 9.97. The summed E-state index contributed by atoms with van der Waals surface area (Å²) in [5.74, 6) is -1.10. The fourth-order valence-corrected chi connectivity index (χ4v) is 4.58. The molecule has 1 fully saturated rings. The molecule has 0 atom stereocenters. The van der Waals surface area contributed by atoms with Crippen LogP contribution in [0.1, 0.15) is 18.4 Å². The summed E-state index contributed by atoms with van der Waals surface area (Å²) in [5.41, 5.74) is 1.13. The highest BCUT2D eigenvalue weighted by molar-refractivity contribution is 7.92. The van der Waals surface area contributed by atoms with Crippen LogP contribution < -0.4 is 10.1 Å². The predicted octanol–water partition coefficient (Wildman–Crippen LogP) is 3.50. The van der Waals surface area contributed by atoms with Crippen molar-refractivity contribution in [1.29, 1.82) is 0 Å². The summed E-state index contributed by atoms with van der Waals surface area (Å²) >= 11 is 0. The molecule has 9 heteroatoms. The summed E-state index contributed by atoms with van der Waals surface area (Å²) < 4.78 is 50.8. The first kappa shape index (κ1) is 23.9. The average Bonchev–Trinajstić information content (AvgIpc) is 2.80. The van der Waals surface area contributed by atoms with Crippen molar-refractivity contribution < 1.29 is 27.1 Å². The van der Waals surface area contributed by atoms with Crippen LogP contribution in [-0.2, 0) is 19.6 Å². The Bertz CT molecular complexity index is 1040. The molecule has 2 aromatic rings. The Kier molecular flexibility index (Phi) is 8.38. The van der Waals surface area contributed by atoms with Crippen LogP contribution in [-0.4, -0.2) is 52.0 Å². The third-order valence-corrected chi connectivity index (χ3v) is 6.73. The Hall–Kier alpha value is -2.75. The summed E-state index contributed by atoms with van der Waals surface area (Å²) in [6.07, 6.45) is 2.35. The summed E-state index contributed by atoms with van der Waals surface area (Å²) in [6, 6.07) is 13.4. The number of carbonyl (C=O) groups excluding carboxylic acids is 1. The van der Waals surface area contributed by atoms with Crippen LogP contribution in [0.2, 0.25) is 0 Å². The number of ether oxygens (including phenoxy) is 2. The van der Waals surface area contributed by atoms with Crippen LogP contribution in [0.15, 0.2) is 53.9 Å². The van der Waals surface area contributed by atoms with E-state index < -0.39 is 15.8 Å². The number of anilines is 1. The van der Waals surface area contributed by atoms with Gasteiger partial charge < -0.3 is 14.8 Å². The van der Waals surface area contributed by atoms with Crippen molar-refractivity contribution in [3.63, 3.8) is 0 Å². The van der Waals surface area contributed by atoms with Crippen molar-refractivity contribution in [3.05, 3.63) is 65.3 Å². The minimum absolute atomic E-state index is 0.0853. The van der Waals surface area contributed by atoms with Crippen molar-refractivity contribution in [3.8, 4) is 5.75 Å². The number of piperidine rings is 1. The maximum Gasteiger partial charge on any atom is 0.236 e. The molecule has 3 rings (SSSR count). The van der Waals surface area contributed by atoms with Gasteiger partial charge in [-0.3, -0.25) is 4.79 Å². The maximum atomic E-state index is 14.2. The van der Waals surface area contributed by atoms with Gasteiger partial charge in [-0.1, -0.05) is 30.3 Å². The van der Waals surface area contributed by atoms with Gasteiger partial charge in [-0.05, 0) is 36.6 Å². The number of hydrogen-bond donors (Lipinski definition) is 1. The average molecular weight is 463 g/mol. The van der Waals surface area contributed by atoms with Gasteiger partial charge in [-0.15, -0.1) is 0 Å². The molecule has 1 saturated heterocycles. The second kappa shape index (κ2) is 11.2. The maximum absolute atomic E-state index is 14.2. The van der Waals surface area contributed by atoms with Crippen molar-refractivity contribution in [2.75, 3.05) is 38.7 Å². The van der Waals surface area contributed by atoms with Gasteiger partial charge in [-0.25, -0.2) is 12.8 Å². The van der Waals surface area contributed by atoms with Gasteiger partial charge in [-0.2, -0.15) is 4.31 Å². The normalized spacial score (nSPS) is 15.7. The molecule has 1 aliphatic rings. The highest BCUT2D eigenvalue weighted by Gasteiger charge is 2.30. The molecular weight excluding hydrogens is 435 g/mol. The minimum atomic E-state index is -3.56. The third kappa shape index (κ3) is 6.62. The van der Waals surface area contributed by atoms with E-state index in [2.05, 4.69) is 5.32 Å². The van der Waals surface area contributed by atoms with Crippen molar-refractivity contribution >= 4 is 27.7 Å². The predicted molar refractivity (Wildman–Crippen MR) is 121 cm³/mol. The van der Waals surface area contributed by atoms with E-state index in [1.807, 2.05) is 30.3 Å². The molecule has 0 radical (unpaired) electrons. The van der Waals surface area contributed by atoms with E-state index in [9.17, 15) is 17.6 Å². The molecule has 0 spiro atoms. The van der Waals surface area contributed by atoms with Crippen LogP contribution in [0.25, 0.3) is 6.08 Å². The van der Waals surface area contributed by atoms with Gasteiger partial charge in [0.1, 0.15) is 6.61 Å². The molecule has 0 bridgehead atoms. The zero-order valence-corrected chi connectivity index (χ0v) is 18.7. The monoisotopic (exact) mass is 462 g/mol. The Labute approximate surface area is 187 Å². The molecule has 32 heavy (non-hydrogen) atoms. The van der Waals surface area contributed by atoms with E-state index >= 15 is 0 Å². The van der Waals surface area contributed by atoms with Gasteiger partial charge in [0.15, 0.2) is 11.6 Å². The molecule has 172 valence electrons. The molecule has 1 amide bonds. The van der Waals surface area contributed by atoms with Gasteiger partial charge in [0.05, 0.1) is 6.61 Å². The molecule has 0 aromatic heterocycles. The number of carbonyl (C=O) groups is 1. The third-order valence-electron chi connectivity index (χ3n) is 5.16. The number of methoxy groups -OCH3 is 1. The number of nitrogens with zero attached hydrogens (tertiary/aromatic N) is 1. The van der Waals surface area contributed by atoms with E-state index in [0.29, 0.717) is 25.1 Å². The first-order valence-electron chi connectivity index (χ1n) is 10.3. The lowest BCUT2D eigenvalue weighted by Gasteiger charge is -2.29. The van der Waals surface area contributed by atoms with E-state index in [-0.39, 0.29) is 37.3 Å². The van der Waals surface area contributed by atoms with Gasteiger partial charge in [0.25, 0.3) is 0 Å². The molecule has 0 saturated carbocycles. The Morgan fingerprint density at radius 1 is 1.16 bits per heavy atom. The number of sulfonamides is 1. The van der Waals surface area contributed by atoms with E-state index in [0.717, 1.165) is 5.56 Å². The van der Waals surface area contributed by atoms with Crippen LogP contribution in [0.5, 0.6) is 5.75 Å². The Balaban J connectivity index is 1.52. The number of halogens is 1. The molecule has 0 unspecified atom stereocenters. The van der Waals surface area contributed by atoms with Gasteiger partial charge >= 0.3 is 0 Å². The number of amides is 1. The second-order valence-corrected chi connectivity index (χ2v) is 9.23. The van der Waals surface area contributed by atoms with Crippen LogP contribution in [0.3, 0.4) is 0 Å². The molecule has 1 N–H and O–H groups in total. The zero-order valence-electron chi connectivity index (χ0n) is 17.9. The van der Waals surface area contributed by atoms with Crippen LogP contribution in [0, 0.1) is 11.7 Å². The minimum Gasteiger partial charge on any atom is -0.488 e. The molecule has 2 aromatic carbocycles. The summed E-state index contributed by atoms with van der Waals surface area (Å²) in [6.45, 7) is 1.07. The topological polar surface area (TPSA) is 84.9 Å². The summed E-state index contributed by atoms with van der Waals surface area (Å²) in [4.78, 5) is 12.6. The lowest BCUT2D eigenvalue weighted by molar-refractivity contribution is -0.120. The highest BCUT2D eigenvalue weighted by atomic mass is 32.2. The lowest BCUT2D eigenvalue weighted by Crippen LogP contribution is -2.40. The van der Waals surface area contributed by atoms with E-state index in [4.69, 9.17) is 9.47 Å². The smallest absolute Gasteiger partial charge is 0.236 e. The van der Waals surface area contributed by atoms with E-state index in [1.165, 1.54) is 29.0 Å². The fraction of sp³-hybridized carbons (Fsp3) is 0.348. The summed E-state index contributed by atoms with van der Waals surface area (Å²) in [7, 11) is -2.03. The summed E-state index contributed by atoms with van der Waals surface area (Å²) in [5, 5.41) is 3.90. The molecular formula is C23H27FN2O5S. The fourth-order valence-electron chi connectivity index (χ4n) is 3.36. The first-order chi connectivity index (χ1) is 15.4. The quantitative estimate of drug-likeness (QED) is 0.577. The largest absolute Gasteiger partial charge is 0.488 e. The standard InChI is InChI=1S/C23H27FN2O5S/c1-30-14-15-31-22-8-7-20(17-21(22)24)25-23(27)19-9-12-26(13-10-19)32(28,29)16-11-18-5-3-2-4-6-18/h2-8,11,16-17,19H,9-10,12-15H2,1H3,(H,25,27)/b16-11+. The zero-order chi connectivity index (χ0) is 23.0. The first-order valence-corrected chi connectivity index (χ1v) is 11.8. The van der Waals surface area contributed by atoms with Crippen LogP contribution >= 0.6 is 0 Å². The molecule has 1 heterocycles. The Morgan fingerprint density at radius 3 is 2.53 bits per heavy atom. The van der Waals surface area contributed by atoms with Gasteiger partial charge in [0, 0.05) is 43.3 Å².